The molecule has 1 N–H and O–H groups in total. The van der Waals surface area contributed by atoms with Crippen LogP contribution >= 0.6 is 11.8 Å². The lowest BCUT2D eigenvalue weighted by Gasteiger charge is -2.00. The first-order valence-electron chi connectivity index (χ1n) is 7.04. The predicted molar refractivity (Wildman–Crippen MR) is 93.2 cm³/mol. The minimum absolute atomic E-state index is 0.0967. The molecule has 0 aliphatic carbocycles. The van der Waals surface area contributed by atoms with Crippen LogP contribution in [0.25, 0.3) is 6.08 Å². The monoisotopic (exact) mass is 308 g/mol. The first-order valence-corrected chi connectivity index (χ1v) is 7.86. The van der Waals surface area contributed by atoms with Crippen LogP contribution in [0, 0.1) is 13.8 Å². The first kappa shape index (κ1) is 14.6. The Labute approximate surface area is 134 Å². The number of nitrogens with one attached hydrogen (secondary N) is 1. The molecule has 0 bridgehead atoms. The van der Waals surface area contributed by atoms with Gasteiger partial charge in [0.2, 0.25) is 0 Å². The Morgan fingerprint density at radius 3 is 2.41 bits per heavy atom. The van der Waals surface area contributed by atoms with Gasteiger partial charge in [-0.2, -0.15) is 0 Å². The maximum atomic E-state index is 12.1. The molecule has 1 aliphatic heterocycles. The molecule has 0 unspecified atom stereocenters. The molecule has 4 heteroatoms. The second kappa shape index (κ2) is 6.20. The quantitative estimate of drug-likeness (QED) is 0.845. The van der Waals surface area contributed by atoms with Gasteiger partial charge in [0.05, 0.1) is 10.6 Å². The number of aliphatic imine (C=N–C) groups is 1. The lowest BCUT2D eigenvalue weighted by atomic mass is 10.1. The highest BCUT2D eigenvalue weighted by Crippen LogP contribution is 2.29. The second-order valence-corrected chi connectivity index (χ2v) is 6.16. The minimum atomic E-state index is -0.0967. The van der Waals surface area contributed by atoms with Crippen LogP contribution in [-0.4, -0.2) is 11.1 Å². The van der Waals surface area contributed by atoms with Gasteiger partial charge in [-0.05, 0) is 54.4 Å². The number of para-hydroxylation sites is 1. The van der Waals surface area contributed by atoms with Crippen LogP contribution in [0.2, 0.25) is 0 Å². The summed E-state index contributed by atoms with van der Waals surface area (Å²) in [5.74, 6) is -0.0967. The molecule has 0 saturated carbocycles. The fraction of sp³-hybridized carbons (Fsp3) is 0.111. The highest BCUT2D eigenvalue weighted by Gasteiger charge is 2.24. The van der Waals surface area contributed by atoms with Gasteiger partial charge in [-0.3, -0.25) is 4.79 Å². The van der Waals surface area contributed by atoms with Crippen molar-refractivity contribution < 1.29 is 4.79 Å². The molecule has 3 rings (SSSR count). The summed E-state index contributed by atoms with van der Waals surface area (Å²) in [6, 6.07) is 15.9. The fourth-order valence-electron chi connectivity index (χ4n) is 2.17. The Morgan fingerprint density at radius 1 is 1.00 bits per heavy atom. The van der Waals surface area contributed by atoms with Crippen LogP contribution in [-0.2, 0) is 4.79 Å². The van der Waals surface area contributed by atoms with Crippen molar-refractivity contribution >= 4 is 34.6 Å². The summed E-state index contributed by atoms with van der Waals surface area (Å²) in [7, 11) is 0. The van der Waals surface area contributed by atoms with Crippen molar-refractivity contribution in [3.05, 3.63) is 70.1 Å². The number of hydrogen-bond acceptors (Lipinski definition) is 3. The standard InChI is InChI=1S/C18H16N2OS/c1-12-7-3-5-9-14(12)11-16-17(21)20-18(22-16)19-15-10-6-4-8-13(15)2/h3-11H,1-2H3,(H,19,20,21)/b16-11+. The van der Waals surface area contributed by atoms with E-state index in [1.807, 2.05) is 68.5 Å². The molecule has 2 aromatic rings. The number of aryl methyl sites for hydroxylation is 2. The molecule has 0 spiro atoms. The average molecular weight is 308 g/mol. The molecule has 1 heterocycles. The summed E-state index contributed by atoms with van der Waals surface area (Å²) in [6.45, 7) is 4.04. The van der Waals surface area contributed by atoms with Crippen molar-refractivity contribution in [2.75, 3.05) is 0 Å². The maximum Gasteiger partial charge on any atom is 0.264 e. The molecule has 0 radical (unpaired) electrons. The topological polar surface area (TPSA) is 41.5 Å². The van der Waals surface area contributed by atoms with Gasteiger partial charge >= 0.3 is 0 Å². The van der Waals surface area contributed by atoms with Gasteiger partial charge in [-0.15, -0.1) is 0 Å². The number of nitrogens with zero attached hydrogens (tertiary/aromatic N) is 1. The number of rotatable bonds is 2. The van der Waals surface area contributed by atoms with E-state index in [-0.39, 0.29) is 5.91 Å². The molecule has 2 aromatic carbocycles. The molecular weight excluding hydrogens is 292 g/mol. The van der Waals surface area contributed by atoms with Crippen LogP contribution in [0.4, 0.5) is 5.69 Å². The van der Waals surface area contributed by atoms with Crippen LogP contribution in [0.1, 0.15) is 16.7 Å². The molecule has 0 atom stereocenters. The summed E-state index contributed by atoms with van der Waals surface area (Å²) in [6.07, 6.45) is 1.91. The predicted octanol–water partition coefficient (Wildman–Crippen LogP) is 4.20. The fourth-order valence-corrected chi connectivity index (χ4v) is 2.99. The Kier molecular flexibility index (Phi) is 4.11. The lowest BCUT2D eigenvalue weighted by molar-refractivity contribution is -0.115. The van der Waals surface area contributed by atoms with Gasteiger partial charge in [0, 0.05) is 0 Å². The van der Waals surface area contributed by atoms with Crippen molar-refractivity contribution in [3.63, 3.8) is 0 Å². The minimum Gasteiger partial charge on any atom is -0.300 e. The molecular formula is C18H16N2OS. The number of amides is 1. The van der Waals surface area contributed by atoms with E-state index in [1.165, 1.54) is 11.8 Å². The summed E-state index contributed by atoms with van der Waals surface area (Å²) >= 11 is 1.38. The molecule has 22 heavy (non-hydrogen) atoms. The number of carbonyl (C=O) groups excluding carboxylic acids is 1. The highest BCUT2D eigenvalue weighted by atomic mass is 32.2. The normalized spacial score (nSPS) is 18.0. The number of hydrogen-bond donors (Lipinski definition) is 1. The van der Waals surface area contributed by atoms with Crippen molar-refractivity contribution in [2.45, 2.75) is 13.8 Å². The molecule has 1 amide bonds. The van der Waals surface area contributed by atoms with E-state index in [1.54, 1.807) is 0 Å². The summed E-state index contributed by atoms with van der Waals surface area (Å²) in [5.41, 5.74) is 4.16. The molecule has 1 saturated heterocycles. The number of thioether (sulfide) groups is 1. The van der Waals surface area contributed by atoms with E-state index in [0.29, 0.717) is 10.1 Å². The zero-order valence-electron chi connectivity index (χ0n) is 12.5. The third-order valence-electron chi connectivity index (χ3n) is 3.46. The van der Waals surface area contributed by atoms with Gasteiger partial charge in [0.25, 0.3) is 5.91 Å². The Bertz CT molecular complexity index is 793. The van der Waals surface area contributed by atoms with E-state index >= 15 is 0 Å². The summed E-state index contributed by atoms with van der Waals surface area (Å²) in [5, 5.41) is 3.45. The van der Waals surface area contributed by atoms with Crippen LogP contribution in [0.15, 0.2) is 58.4 Å². The largest absolute Gasteiger partial charge is 0.300 e. The molecule has 1 aliphatic rings. The van der Waals surface area contributed by atoms with Crippen LogP contribution in [0.3, 0.4) is 0 Å². The van der Waals surface area contributed by atoms with E-state index in [4.69, 9.17) is 0 Å². The van der Waals surface area contributed by atoms with Gasteiger partial charge in [0.1, 0.15) is 0 Å². The Balaban J connectivity index is 1.88. The highest BCUT2D eigenvalue weighted by molar-refractivity contribution is 8.18. The smallest absolute Gasteiger partial charge is 0.264 e. The van der Waals surface area contributed by atoms with E-state index in [9.17, 15) is 4.79 Å². The van der Waals surface area contributed by atoms with Gasteiger partial charge in [-0.1, -0.05) is 42.5 Å². The number of carbonyl (C=O) groups is 1. The third-order valence-corrected chi connectivity index (χ3v) is 4.37. The lowest BCUT2D eigenvalue weighted by Crippen LogP contribution is -2.19. The zero-order chi connectivity index (χ0) is 15.5. The second-order valence-electron chi connectivity index (χ2n) is 5.12. The Hall–Kier alpha value is -2.33. The van der Waals surface area contributed by atoms with Crippen molar-refractivity contribution in [3.8, 4) is 0 Å². The summed E-state index contributed by atoms with van der Waals surface area (Å²) in [4.78, 5) is 17.3. The first-order chi connectivity index (χ1) is 10.6. The van der Waals surface area contributed by atoms with Crippen LogP contribution in [0.5, 0.6) is 0 Å². The van der Waals surface area contributed by atoms with Crippen molar-refractivity contribution in [1.82, 2.24) is 5.32 Å². The molecule has 3 nitrogen and oxygen atoms in total. The third kappa shape index (κ3) is 3.12. The van der Waals surface area contributed by atoms with E-state index in [0.717, 1.165) is 22.4 Å². The Morgan fingerprint density at radius 2 is 1.68 bits per heavy atom. The van der Waals surface area contributed by atoms with Gasteiger partial charge in [-0.25, -0.2) is 4.99 Å². The van der Waals surface area contributed by atoms with E-state index in [2.05, 4.69) is 10.3 Å². The van der Waals surface area contributed by atoms with Crippen LogP contribution < -0.4 is 5.32 Å². The summed E-state index contributed by atoms with van der Waals surface area (Å²) < 4.78 is 0. The molecule has 110 valence electrons. The van der Waals surface area contributed by atoms with Crippen molar-refractivity contribution in [1.29, 1.82) is 0 Å². The van der Waals surface area contributed by atoms with Gasteiger partial charge < -0.3 is 5.32 Å². The number of amidine groups is 1. The van der Waals surface area contributed by atoms with Gasteiger partial charge in [0.15, 0.2) is 5.17 Å². The maximum absolute atomic E-state index is 12.1. The zero-order valence-corrected chi connectivity index (χ0v) is 13.3. The SMILES string of the molecule is Cc1ccccc1/C=C1/SC(=Nc2ccccc2C)NC1=O. The average Bonchev–Trinajstić information content (AvgIpc) is 2.84. The molecule has 0 aromatic heterocycles. The van der Waals surface area contributed by atoms with Crippen molar-refractivity contribution in [2.24, 2.45) is 4.99 Å². The number of benzene rings is 2. The van der Waals surface area contributed by atoms with E-state index < -0.39 is 0 Å². The molecule has 1 fully saturated rings.